The maximum Gasteiger partial charge on any atom is 0.255 e. The molecule has 0 spiro atoms. The first kappa shape index (κ1) is 10.7. The number of aromatic nitrogens is 4. The van der Waals surface area contributed by atoms with Gasteiger partial charge in [0.05, 0.1) is 6.10 Å². The topological polar surface area (TPSA) is 55.5 Å². The fraction of sp³-hybridized carbons (Fsp3) is 0.500. The molecule has 2 aromatic heterocycles. The van der Waals surface area contributed by atoms with Crippen molar-refractivity contribution in [3.63, 3.8) is 0 Å². The molecule has 7 heteroatoms. The summed E-state index contributed by atoms with van der Waals surface area (Å²) in [5.74, 6) is 1.44. The van der Waals surface area contributed by atoms with Crippen molar-refractivity contribution in [2.45, 2.75) is 12.5 Å². The van der Waals surface area contributed by atoms with E-state index in [-0.39, 0.29) is 6.10 Å². The van der Waals surface area contributed by atoms with Crippen molar-refractivity contribution < 1.29 is 4.74 Å². The van der Waals surface area contributed by atoms with Crippen molar-refractivity contribution >= 4 is 23.2 Å². The zero-order valence-electron chi connectivity index (χ0n) is 9.38. The first-order chi connectivity index (χ1) is 8.28. The lowest BCUT2D eigenvalue weighted by Crippen LogP contribution is -2.24. The highest BCUT2D eigenvalue weighted by Gasteiger charge is 2.24. The number of anilines is 1. The molecular formula is C10H12ClN5O. The molecule has 0 amide bonds. The lowest BCUT2D eigenvalue weighted by molar-refractivity contribution is 0.121. The van der Waals surface area contributed by atoms with E-state index in [4.69, 9.17) is 16.3 Å². The standard InChI is InChI=1S/C10H12ClN5O/c1-17-7-2-3-15(5-7)9-4-8(11)14-10-12-6-13-16(9)10/h4,6-7H,2-3,5H2,1H3. The number of fused-ring (bicyclic) bond motifs is 1. The van der Waals surface area contributed by atoms with Gasteiger partial charge in [-0.15, -0.1) is 0 Å². The maximum absolute atomic E-state index is 5.98. The van der Waals surface area contributed by atoms with E-state index in [9.17, 15) is 0 Å². The van der Waals surface area contributed by atoms with Gasteiger partial charge in [0, 0.05) is 26.3 Å². The molecule has 0 aliphatic carbocycles. The normalized spacial score (nSPS) is 20.4. The molecule has 17 heavy (non-hydrogen) atoms. The van der Waals surface area contributed by atoms with Crippen LogP contribution in [0.5, 0.6) is 0 Å². The van der Waals surface area contributed by atoms with Crippen LogP contribution in [-0.2, 0) is 4.74 Å². The molecule has 1 fully saturated rings. The number of rotatable bonds is 2. The van der Waals surface area contributed by atoms with Crippen LogP contribution >= 0.6 is 11.6 Å². The van der Waals surface area contributed by atoms with Crippen LogP contribution < -0.4 is 4.90 Å². The zero-order valence-corrected chi connectivity index (χ0v) is 10.1. The van der Waals surface area contributed by atoms with Crippen molar-refractivity contribution in [1.29, 1.82) is 0 Å². The van der Waals surface area contributed by atoms with Crippen LogP contribution in [0.3, 0.4) is 0 Å². The molecule has 1 aliphatic rings. The number of hydrogen-bond donors (Lipinski definition) is 0. The molecule has 1 atom stereocenters. The largest absolute Gasteiger partial charge is 0.380 e. The van der Waals surface area contributed by atoms with Crippen LogP contribution in [0.4, 0.5) is 5.82 Å². The lowest BCUT2D eigenvalue weighted by atomic mass is 10.3. The average molecular weight is 254 g/mol. The second kappa shape index (κ2) is 4.12. The van der Waals surface area contributed by atoms with Gasteiger partial charge in [0.15, 0.2) is 0 Å². The summed E-state index contributed by atoms with van der Waals surface area (Å²) in [5, 5.41) is 4.59. The Hall–Kier alpha value is -1.40. The summed E-state index contributed by atoms with van der Waals surface area (Å²) in [5.41, 5.74) is 0. The number of halogens is 1. The molecule has 6 nitrogen and oxygen atoms in total. The van der Waals surface area contributed by atoms with Gasteiger partial charge in [0.1, 0.15) is 17.3 Å². The van der Waals surface area contributed by atoms with E-state index in [1.165, 1.54) is 6.33 Å². The van der Waals surface area contributed by atoms with E-state index in [1.54, 1.807) is 17.7 Å². The Morgan fingerprint density at radius 1 is 1.53 bits per heavy atom. The molecular weight excluding hydrogens is 242 g/mol. The van der Waals surface area contributed by atoms with Crippen molar-refractivity contribution in [3.05, 3.63) is 17.5 Å². The molecule has 1 unspecified atom stereocenters. The molecule has 1 saturated heterocycles. The van der Waals surface area contributed by atoms with Gasteiger partial charge in [0.25, 0.3) is 5.78 Å². The van der Waals surface area contributed by atoms with Crippen molar-refractivity contribution in [2.24, 2.45) is 0 Å². The van der Waals surface area contributed by atoms with Crippen LogP contribution in [0.15, 0.2) is 12.4 Å². The Bertz CT molecular complexity index is 542. The number of methoxy groups -OCH3 is 1. The van der Waals surface area contributed by atoms with E-state index < -0.39 is 0 Å². The third-order valence-corrected chi connectivity index (χ3v) is 3.20. The molecule has 1 aliphatic heterocycles. The molecule has 0 radical (unpaired) electrons. The lowest BCUT2D eigenvalue weighted by Gasteiger charge is -2.18. The molecule has 0 bridgehead atoms. The monoisotopic (exact) mass is 253 g/mol. The van der Waals surface area contributed by atoms with Gasteiger partial charge in [0.2, 0.25) is 0 Å². The van der Waals surface area contributed by atoms with Gasteiger partial charge >= 0.3 is 0 Å². The zero-order chi connectivity index (χ0) is 11.8. The summed E-state index contributed by atoms with van der Waals surface area (Å²) in [7, 11) is 1.73. The quantitative estimate of drug-likeness (QED) is 0.748. The van der Waals surface area contributed by atoms with E-state index >= 15 is 0 Å². The van der Waals surface area contributed by atoms with Gasteiger partial charge in [-0.3, -0.25) is 0 Å². The first-order valence-corrected chi connectivity index (χ1v) is 5.80. The van der Waals surface area contributed by atoms with Gasteiger partial charge in [-0.25, -0.2) is 0 Å². The Morgan fingerprint density at radius 2 is 2.41 bits per heavy atom. The van der Waals surface area contributed by atoms with Crippen LogP contribution in [-0.4, -0.2) is 45.9 Å². The van der Waals surface area contributed by atoms with Gasteiger partial charge in [-0.1, -0.05) is 11.6 Å². The van der Waals surface area contributed by atoms with E-state index in [0.717, 1.165) is 25.3 Å². The van der Waals surface area contributed by atoms with E-state index in [1.807, 2.05) is 0 Å². The van der Waals surface area contributed by atoms with Crippen LogP contribution in [0.1, 0.15) is 6.42 Å². The highest BCUT2D eigenvalue weighted by atomic mass is 35.5. The summed E-state index contributed by atoms with van der Waals surface area (Å²) in [6.45, 7) is 1.76. The molecule has 0 N–H and O–H groups in total. The fourth-order valence-electron chi connectivity index (χ4n) is 2.12. The van der Waals surface area contributed by atoms with Crippen LogP contribution in [0, 0.1) is 0 Å². The summed E-state index contributed by atoms with van der Waals surface area (Å²) in [6, 6.07) is 1.81. The molecule has 3 rings (SSSR count). The number of nitrogens with zero attached hydrogens (tertiary/aromatic N) is 5. The molecule has 0 saturated carbocycles. The summed E-state index contributed by atoms with van der Waals surface area (Å²) in [6.07, 6.45) is 2.75. The van der Waals surface area contributed by atoms with Crippen LogP contribution in [0.2, 0.25) is 5.15 Å². The summed E-state index contributed by atoms with van der Waals surface area (Å²) < 4.78 is 7.05. The van der Waals surface area contributed by atoms with Crippen molar-refractivity contribution in [3.8, 4) is 0 Å². The first-order valence-electron chi connectivity index (χ1n) is 5.42. The minimum Gasteiger partial charge on any atom is -0.380 e. The molecule has 2 aromatic rings. The Kier molecular flexibility index (Phi) is 2.60. The van der Waals surface area contributed by atoms with Gasteiger partial charge in [-0.05, 0) is 6.42 Å². The molecule has 0 aromatic carbocycles. The third kappa shape index (κ3) is 1.83. The maximum atomic E-state index is 5.98. The second-order valence-corrected chi connectivity index (χ2v) is 4.39. The highest BCUT2D eigenvalue weighted by molar-refractivity contribution is 6.29. The van der Waals surface area contributed by atoms with Crippen LogP contribution in [0.25, 0.3) is 5.78 Å². The van der Waals surface area contributed by atoms with Crippen molar-refractivity contribution in [2.75, 3.05) is 25.1 Å². The summed E-state index contributed by atoms with van der Waals surface area (Å²) in [4.78, 5) is 10.3. The molecule has 3 heterocycles. The second-order valence-electron chi connectivity index (χ2n) is 4.00. The van der Waals surface area contributed by atoms with Gasteiger partial charge < -0.3 is 9.64 Å². The smallest absolute Gasteiger partial charge is 0.255 e. The Balaban J connectivity index is 2.02. The fourth-order valence-corrected chi connectivity index (χ4v) is 2.30. The number of ether oxygens (including phenoxy) is 1. The average Bonchev–Trinajstić information content (AvgIpc) is 2.95. The van der Waals surface area contributed by atoms with Crippen molar-refractivity contribution in [1.82, 2.24) is 19.6 Å². The Labute approximate surface area is 103 Å². The number of hydrogen-bond acceptors (Lipinski definition) is 5. The predicted octanol–water partition coefficient (Wildman–Crippen LogP) is 1.00. The minimum absolute atomic E-state index is 0.264. The predicted molar refractivity (Wildman–Crippen MR) is 63.4 cm³/mol. The minimum atomic E-state index is 0.264. The Morgan fingerprint density at radius 3 is 3.18 bits per heavy atom. The van der Waals surface area contributed by atoms with Gasteiger partial charge in [-0.2, -0.15) is 19.6 Å². The molecule has 90 valence electrons. The van der Waals surface area contributed by atoms with E-state index in [2.05, 4.69) is 20.0 Å². The third-order valence-electron chi connectivity index (χ3n) is 3.00. The van der Waals surface area contributed by atoms with E-state index in [0.29, 0.717) is 10.9 Å². The highest BCUT2D eigenvalue weighted by Crippen LogP contribution is 2.23. The summed E-state index contributed by atoms with van der Waals surface area (Å²) >= 11 is 5.98. The SMILES string of the molecule is COC1CCN(c2cc(Cl)nc3ncnn23)C1.